The minimum absolute atomic E-state index is 0.0222. The summed E-state index contributed by atoms with van der Waals surface area (Å²) in [6.45, 7) is 1.20. The lowest BCUT2D eigenvalue weighted by atomic mass is 10.0. The fourth-order valence-corrected chi connectivity index (χ4v) is 3.42. The second-order valence-corrected chi connectivity index (χ2v) is 8.36. The zero-order valence-corrected chi connectivity index (χ0v) is 15.4. The predicted octanol–water partition coefficient (Wildman–Crippen LogP) is 1.55. The Kier molecular flexibility index (Phi) is 5.36. The number of hydrogen-bond acceptors (Lipinski definition) is 4. The largest absolute Gasteiger partial charge is 0.406 e. The Morgan fingerprint density at radius 1 is 1.19 bits per heavy atom. The molecule has 26 heavy (non-hydrogen) atoms. The summed E-state index contributed by atoms with van der Waals surface area (Å²) >= 11 is 0. The summed E-state index contributed by atoms with van der Waals surface area (Å²) in [4.78, 5) is 26.4. The minimum Gasteiger partial charge on any atom is -0.330 e. The van der Waals surface area contributed by atoms with E-state index in [0.717, 1.165) is 11.2 Å². The standard InChI is InChI=1S/C16H19F3N2O4S/c1-10-6-12(26(3,24)25)7-13(11(10)2)15(23)20-4-5-21(14(22)8-20)9-16(17,18)19/h6-7H,4-5,8-9H2,1-3H3. The molecule has 2 amide bonds. The van der Waals surface area contributed by atoms with E-state index in [1.165, 1.54) is 12.1 Å². The van der Waals surface area contributed by atoms with Gasteiger partial charge in [0.15, 0.2) is 9.84 Å². The van der Waals surface area contributed by atoms with E-state index in [1.807, 2.05) is 0 Å². The van der Waals surface area contributed by atoms with Gasteiger partial charge in [0.1, 0.15) is 13.1 Å². The van der Waals surface area contributed by atoms with Gasteiger partial charge in [0.25, 0.3) is 5.91 Å². The fourth-order valence-electron chi connectivity index (χ4n) is 2.70. The quantitative estimate of drug-likeness (QED) is 0.782. The lowest BCUT2D eigenvalue weighted by Crippen LogP contribution is -2.54. The highest BCUT2D eigenvalue weighted by molar-refractivity contribution is 7.90. The van der Waals surface area contributed by atoms with Gasteiger partial charge in [-0.05, 0) is 37.1 Å². The third-order valence-corrected chi connectivity index (χ3v) is 5.37. The Hall–Kier alpha value is -2.10. The molecule has 1 heterocycles. The number of carbonyl (C=O) groups is 2. The van der Waals surface area contributed by atoms with Gasteiger partial charge < -0.3 is 9.80 Å². The Morgan fingerprint density at radius 2 is 1.81 bits per heavy atom. The van der Waals surface area contributed by atoms with Crippen molar-refractivity contribution >= 4 is 21.7 Å². The number of carbonyl (C=O) groups excluding carboxylic acids is 2. The van der Waals surface area contributed by atoms with Crippen LogP contribution in [0.5, 0.6) is 0 Å². The van der Waals surface area contributed by atoms with Crippen molar-refractivity contribution < 1.29 is 31.2 Å². The predicted molar refractivity (Wildman–Crippen MR) is 87.6 cm³/mol. The van der Waals surface area contributed by atoms with E-state index in [9.17, 15) is 31.2 Å². The molecule has 0 radical (unpaired) electrons. The molecule has 0 N–H and O–H groups in total. The summed E-state index contributed by atoms with van der Waals surface area (Å²) in [5.74, 6) is -1.37. The van der Waals surface area contributed by atoms with Gasteiger partial charge in [-0.1, -0.05) is 0 Å². The maximum atomic E-state index is 12.7. The highest BCUT2D eigenvalue weighted by Crippen LogP contribution is 2.23. The zero-order valence-electron chi connectivity index (χ0n) is 14.6. The third-order valence-electron chi connectivity index (χ3n) is 4.28. The Labute approximate surface area is 149 Å². The number of amides is 2. The smallest absolute Gasteiger partial charge is 0.330 e. The van der Waals surface area contributed by atoms with E-state index in [1.54, 1.807) is 13.8 Å². The Balaban J connectivity index is 2.26. The highest BCUT2D eigenvalue weighted by Gasteiger charge is 2.36. The molecule has 1 fully saturated rings. The molecule has 0 bridgehead atoms. The van der Waals surface area contributed by atoms with E-state index < -0.39 is 40.9 Å². The molecule has 0 spiro atoms. The number of piperazine rings is 1. The van der Waals surface area contributed by atoms with Crippen LogP contribution in [0.15, 0.2) is 17.0 Å². The Bertz CT molecular complexity index is 850. The van der Waals surface area contributed by atoms with Crippen LogP contribution >= 0.6 is 0 Å². The molecule has 0 atom stereocenters. The average molecular weight is 392 g/mol. The van der Waals surface area contributed by atoms with Crippen molar-refractivity contribution in [1.82, 2.24) is 9.80 Å². The van der Waals surface area contributed by atoms with Crippen LogP contribution in [0.2, 0.25) is 0 Å². The molecule has 1 aliphatic rings. The fraction of sp³-hybridized carbons (Fsp3) is 0.500. The lowest BCUT2D eigenvalue weighted by molar-refractivity contribution is -0.164. The van der Waals surface area contributed by atoms with Crippen LogP contribution < -0.4 is 0 Å². The van der Waals surface area contributed by atoms with Crippen LogP contribution in [0.4, 0.5) is 13.2 Å². The molecule has 0 unspecified atom stereocenters. The molecule has 1 aromatic carbocycles. The first-order valence-corrected chi connectivity index (χ1v) is 9.64. The van der Waals surface area contributed by atoms with Crippen molar-refractivity contribution in [2.24, 2.45) is 0 Å². The van der Waals surface area contributed by atoms with Crippen LogP contribution in [0, 0.1) is 13.8 Å². The van der Waals surface area contributed by atoms with Crippen molar-refractivity contribution in [2.45, 2.75) is 24.9 Å². The van der Waals surface area contributed by atoms with Crippen molar-refractivity contribution in [3.05, 3.63) is 28.8 Å². The normalized spacial score (nSPS) is 16.2. The van der Waals surface area contributed by atoms with Gasteiger partial charge in [-0.2, -0.15) is 13.2 Å². The molecule has 1 aliphatic heterocycles. The van der Waals surface area contributed by atoms with E-state index in [4.69, 9.17) is 0 Å². The molecule has 10 heteroatoms. The van der Waals surface area contributed by atoms with E-state index >= 15 is 0 Å². The SMILES string of the molecule is Cc1cc(S(C)(=O)=O)cc(C(=O)N2CCN(CC(F)(F)F)C(=O)C2)c1C. The molecule has 1 aromatic rings. The Morgan fingerprint density at radius 3 is 2.31 bits per heavy atom. The monoisotopic (exact) mass is 392 g/mol. The number of rotatable bonds is 3. The van der Waals surface area contributed by atoms with Crippen LogP contribution in [0.1, 0.15) is 21.5 Å². The minimum atomic E-state index is -4.50. The molecule has 144 valence electrons. The number of nitrogens with zero attached hydrogens (tertiary/aromatic N) is 2. The number of halogens is 3. The second-order valence-electron chi connectivity index (χ2n) is 6.34. The van der Waals surface area contributed by atoms with Crippen molar-refractivity contribution in [3.8, 4) is 0 Å². The zero-order chi connectivity index (χ0) is 19.9. The number of hydrogen-bond donors (Lipinski definition) is 0. The van der Waals surface area contributed by atoms with Gasteiger partial charge in [0.2, 0.25) is 5.91 Å². The number of benzene rings is 1. The molecular weight excluding hydrogens is 373 g/mol. The molecular formula is C16H19F3N2O4S. The number of aryl methyl sites for hydroxylation is 1. The summed E-state index contributed by atoms with van der Waals surface area (Å²) in [6.07, 6.45) is -3.48. The third kappa shape index (κ3) is 4.54. The maximum absolute atomic E-state index is 12.7. The van der Waals surface area contributed by atoms with Crippen LogP contribution in [-0.2, 0) is 14.6 Å². The van der Waals surface area contributed by atoms with Gasteiger partial charge in [-0.3, -0.25) is 9.59 Å². The van der Waals surface area contributed by atoms with Crippen LogP contribution in [-0.4, -0.2) is 68.6 Å². The summed E-state index contributed by atoms with van der Waals surface area (Å²) < 4.78 is 60.9. The van der Waals surface area contributed by atoms with E-state index in [0.29, 0.717) is 16.0 Å². The van der Waals surface area contributed by atoms with Crippen molar-refractivity contribution in [1.29, 1.82) is 0 Å². The number of sulfone groups is 1. The first kappa shape index (κ1) is 20.2. The van der Waals surface area contributed by atoms with Crippen molar-refractivity contribution in [3.63, 3.8) is 0 Å². The van der Waals surface area contributed by atoms with Gasteiger partial charge in [0, 0.05) is 24.9 Å². The van der Waals surface area contributed by atoms with Gasteiger partial charge >= 0.3 is 6.18 Å². The molecule has 1 saturated heterocycles. The first-order chi connectivity index (χ1) is 11.8. The lowest BCUT2D eigenvalue weighted by Gasteiger charge is -2.35. The van der Waals surface area contributed by atoms with E-state index in [-0.39, 0.29) is 23.5 Å². The first-order valence-electron chi connectivity index (χ1n) is 7.74. The molecule has 2 rings (SSSR count). The average Bonchev–Trinajstić information content (AvgIpc) is 2.49. The topological polar surface area (TPSA) is 74.8 Å². The molecule has 0 aliphatic carbocycles. The molecule has 0 saturated carbocycles. The molecule has 6 nitrogen and oxygen atoms in total. The second kappa shape index (κ2) is 6.90. The van der Waals surface area contributed by atoms with Crippen molar-refractivity contribution in [2.75, 3.05) is 32.4 Å². The summed E-state index contributed by atoms with van der Waals surface area (Å²) in [7, 11) is -3.54. The highest BCUT2D eigenvalue weighted by atomic mass is 32.2. The van der Waals surface area contributed by atoms with Gasteiger partial charge in [0.05, 0.1) is 4.90 Å². The van der Waals surface area contributed by atoms with Crippen LogP contribution in [0.3, 0.4) is 0 Å². The maximum Gasteiger partial charge on any atom is 0.406 e. The van der Waals surface area contributed by atoms with E-state index in [2.05, 4.69) is 0 Å². The van der Waals surface area contributed by atoms with Gasteiger partial charge in [-0.15, -0.1) is 0 Å². The van der Waals surface area contributed by atoms with Crippen LogP contribution in [0.25, 0.3) is 0 Å². The summed E-state index contributed by atoms with van der Waals surface area (Å²) in [5, 5.41) is 0. The summed E-state index contributed by atoms with van der Waals surface area (Å²) in [6, 6.07) is 2.69. The van der Waals surface area contributed by atoms with Gasteiger partial charge in [-0.25, -0.2) is 8.42 Å². The molecule has 0 aromatic heterocycles. The summed E-state index contributed by atoms with van der Waals surface area (Å²) in [5.41, 5.74) is 1.29. The number of alkyl halides is 3.